The van der Waals surface area contributed by atoms with E-state index in [0.29, 0.717) is 42.9 Å². The Morgan fingerprint density at radius 1 is 1.15 bits per heavy atom. The number of ether oxygens (including phenoxy) is 1. The fourth-order valence-electron chi connectivity index (χ4n) is 3.90. The summed E-state index contributed by atoms with van der Waals surface area (Å²) in [5.74, 6) is -0.410. The summed E-state index contributed by atoms with van der Waals surface area (Å²) in [6, 6.07) is 5.32. The molecule has 180 valence electrons. The van der Waals surface area contributed by atoms with E-state index in [-0.39, 0.29) is 11.7 Å². The molecule has 4 heterocycles. The monoisotopic (exact) mass is 466 g/mol. The Morgan fingerprint density at radius 2 is 1.85 bits per heavy atom. The van der Waals surface area contributed by atoms with Crippen molar-refractivity contribution in [3.05, 3.63) is 65.9 Å². The Balaban J connectivity index is 1.47. The van der Waals surface area contributed by atoms with Crippen LogP contribution in [-0.2, 0) is 11.8 Å². The number of aryl methyl sites for hydroxylation is 2. The first-order chi connectivity index (χ1) is 16.0. The van der Waals surface area contributed by atoms with Gasteiger partial charge in [-0.3, -0.25) is 0 Å². The lowest BCUT2D eigenvalue weighted by Gasteiger charge is -2.36. The molecule has 0 unspecified atom stereocenters. The number of fused-ring (bicyclic) bond motifs is 1. The van der Waals surface area contributed by atoms with E-state index in [9.17, 15) is 9.18 Å². The van der Waals surface area contributed by atoms with Crippen LogP contribution in [0.25, 0.3) is 11.3 Å². The topological polar surface area (TPSA) is 67.4 Å². The number of piperazine rings is 1. The van der Waals surface area contributed by atoms with Crippen molar-refractivity contribution in [2.45, 2.75) is 33.3 Å². The van der Waals surface area contributed by atoms with Crippen molar-refractivity contribution >= 4 is 23.1 Å². The van der Waals surface area contributed by atoms with Crippen molar-refractivity contribution in [3.8, 4) is 0 Å². The molecule has 1 fully saturated rings. The Labute approximate surface area is 198 Å². The number of aromatic nitrogens is 3. The molecule has 3 aromatic heterocycles. The van der Waals surface area contributed by atoms with Gasteiger partial charge in [-0.15, -0.1) is 0 Å². The van der Waals surface area contributed by atoms with E-state index in [2.05, 4.69) is 21.5 Å². The van der Waals surface area contributed by atoms with E-state index < -0.39 is 11.4 Å². The van der Waals surface area contributed by atoms with Crippen LogP contribution >= 0.6 is 0 Å². The summed E-state index contributed by atoms with van der Waals surface area (Å²) >= 11 is 0. The minimum atomic E-state index is -0.499. The number of hydrogen-bond acceptors (Lipinski definition) is 5. The summed E-state index contributed by atoms with van der Waals surface area (Å²) in [5, 5.41) is 0. The molecular weight excluding hydrogens is 435 g/mol. The third-order valence-electron chi connectivity index (χ3n) is 5.60. The first kappa shape index (κ1) is 23.5. The molecule has 1 amide bonds. The molecule has 34 heavy (non-hydrogen) atoms. The van der Waals surface area contributed by atoms with Gasteiger partial charge in [0.2, 0.25) is 0 Å². The molecule has 9 heteroatoms. The maximum atomic E-state index is 14.4. The van der Waals surface area contributed by atoms with Gasteiger partial charge in [-0.1, -0.05) is 6.58 Å². The van der Waals surface area contributed by atoms with Crippen LogP contribution in [0.15, 0.2) is 48.4 Å². The van der Waals surface area contributed by atoms with E-state index in [0.717, 1.165) is 11.4 Å². The average Bonchev–Trinajstić information content (AvgIpc) is 3.15. The maximum absolute atomic E-state index is 14.4. The number of imidazole rings is 1. The molecule has 3 aromatic rings. The highest BCUT2D eigenvalue weighted by Crippen LogP contribution is 2.19. The normalized spacial score (nSPS) is 15.2. The Morgan fingerprint density at radius 3 is 2.50 bits per heavy atom. The number of carbonyl (C=O) groups excluding carboxylic acids is 1. The number of hydrogen-bond donors (Lipinski definition) is 0. The molecule has 0 radical (unpaired) electrons. The lowest BCUT2D eigenvalue weighted by molar-refractivity contribution is 0.0240. The van der Waals surface area contributed by atoms with Crippen molar-refractivity contribution in [1.29, 1.82) is 0 Å². The van der Waals surface area contributed by atoms with Gasteiger partial charge in [-0.25, -0.2) is 19.2 Å². The molecule has 0 atom stereocenters. The fourth-order valence-corrected chi connectivity index (χ4v) is 3.90. The first-order valence-corrected chi connectivity index (χ1v) is 11.3. The number of halogens is 1. The minimum Gasteiger partial charge on any atom is -0.444 e. The van der Waals surface area contributed by atoms with Crippen molar-refractivity contribution in [2.75, 3.05) is 31.1 Å². The van der Waals surface area contributed by atoms with Crippen molar-refractivity contribution in [3.63, 3.8) is 0 Å². The molecular formula is C25H31FN6O2. The van der Waals surface area contributed by atoms with Gasteiger partial charge in [-0.05, 0) is 45.9 Å². The van der Waals surface area contributed by atoms with Crippen LogP contribution in [0, 0.1) is 12.7 Å². The fraction of sp³-hybridized carbons (Fsp3) is 0.400. The highest BCUT2D eigenvalue weighted by molar-refractivity contribution is 5.68. The number of amides is 1. The Hall–Kier alpha value is -3.62. The third kappa shape index (κ3) is 5.13. The van der Waals surface area contributed by atoms with Gasteiger partial charge in [-0.2, -0.15) is 0 Å². The molecule has 1 aliphatic rings. The highest BCUT2D eigenvalue weighted by Gasteiger charge is 2.26. The third-order valence-corrected chi connectivity index (χ3v) is 5.60. The maximum Gasteiger partial charge on any atom is 0.410 e. The smallest absolute Gasteiger partial charge is 0.410 e. The summed E-state index contributed by atoms with van der Waals surface area (Å²) in [7, 11) is 1.91. The van der Waals surface area contributed by atoms with Crippen LogP contribution in [0.4, 0.5) is 14.9 Å². The van der Waals surface area contributed by atoms with E-state index in [1.54, 1.807) is 21.7 Å². The van der Waals surface area contributed by atoms with Gasteiger partial charge in [0.15, 0.2) is 11.5 Å². The zero-order valence-corrected chi connectivity index (χ0v) is 20.4. The largest absolute Gasteiger partial charge is 0.444 e. The average molecular weight is 467 g/mol. The van der Waals surface area contributed by atoms with E-state index >= 15 is 0 Å². The lowest BCUT2D eigenvalue weighted by atomic mass is 10.2. The van der Waals surface area contributed by atoms with Gasteiger partial charge >= 0.3 is 6.09 Å². The van der Waals surface area contributed by atoms with Crippen LogP contribution < -0.4 is 10.4 Å². The summed E-state index contributed by atoms with van der Waals surface area (Å²) < 4.78 is 23.5. The van der Waals surface area contributed by atoms with Crippen LogP contribution in [-0.4, -0.2) is 56.7 Å². The summed E-state index contributed by atoms with van der Waals surface area (Å²) in [6.07, 6.45) is 5.28. The molecule has 0 bridgehead atoms. The van der Waals surface area contributed by atoms with Gasteiger partial charge in [0.05, 0.1) is 17.1 Å². The molecule has 0 N–H and O–H groups in total. The number of nitrogens with zero attached hydrogens (tertiary/aromatic N) is 6. The molecule has 0 spiro atoms. The SMILES string of the molecule is C=C(N=c1ccc(N2CCN(C(=O)OC(C)(C)C)CC2)cn1C)c1cc(F)c2nc(C)cn2c1. The van der Waals surface area contributed by atoms with Crippen molar-refractivity contribution in [1.82, 2.24) is 18.9 Å². The van der Waals surface area contributed by atoms with Gasteiger partial charge in [0.25, 0.3) is 0 Å². The van der Waals surface area contributed by atoms with Gasteiger partial charge in [0, 0.05) is 57.4 Å². The van der Waals surface area contributed by atoms with Crippen LogP contribution in [0.5, 0.6) is 0 Å². The molecule has 4 rings (SSSR count). The van der Waals surface area contributed by atoms with Gasteiger partial charge < -0.3 is 23.5 Å². The predicted molar refractivity (Wildman–Crippen MR) is 130 cm³/mol. The molecule has 0 aliphatic carbocycles. The standard InChI is InChI=1S/C25H31FN6O2/c1-17-14-32-15-19(13-21(26)23(32)27-17)18(2)28-22-8-7-20(16-29(22)6)30-9-11-31(12-10-30)24(33)34-25(3,4)5/h7-8,13-16H,2,9-12H2,1,3-6H3. The number of anilines is 1. The number of carbonyl (C=O) groups is 1. The molecule has 0 saturated carbocycles. The van der Waals surface area contributed by atoms with Crippen molar-refractivity contribution < 1.29 is 13.9 Å². The lowest BCUT2D eigenvalue weighted by Crippen LogP contribution is -2.50. The zero-order chi connectivity index (χ0) is 24.6. The second-order valence-corrected chi connectivity index (χ2v) is 9.56. The summed E-state index contributed by atoms with van der Waals surface area (Å²) in [6.45, 7) is 14.1. The van der Waals surface area contributed by atoms with Crippen molar-refractivity contribution in [2.24, 2.45) is 12.0 Å². The molecule has 1 saturated heterocycles. The number of pyridine rings is 2. The Bertz CT molecular complexity index is 1310. The first-order valence-electron chi connectivity index (χ1n) is 11.3. The molecule has 8 nitrogen and oxygen atoms in total. The quantitative estimate of drug-likeness (QED) is 0.590. The summed E-state index contributed by atoms with van der Waals surface area (Å²) in [5.41, 5.74) is 3.32. The second-order valence-electron chi connectivity index (χ2n) is 9.56. The molecule has 1 aliphatic heterocycles. The second kappa shape index (κ2) is 8.96. The summed E-state index contributed by atoms with van der Waals surface area (Å²) in [4.78, 5) is 25.1. The zero-order valence-electron chi connectivity index (χ0n) is 20.4. The van der Waals surface area contributed by atoms with Crippen LogP contribution in [0.1, 0.15) is 32.0 Å². The van der Waals surface area contributed by atoms with Crippen LogP contribution in [0.3, 0.4) is 0 Å². The molecule has 0 aromatic carbocycles. The Kier molecular flexibility index (Phi) is 6.20. The van der Waals surface area contributed by atoms with E-state index in [4.69, 9.17) is 4.74 Å². The number of rotatable bonds is 3. The highest BCUT2D eigenvalue weighted by atomic mass is 19.1. The van der Waals surface area contributed by atoms with Gasteiger partial charge in [0.1, 0.15) is 11.1 Å². The van der Waals surface area contributed by atoms with Crippen LogP contribution in [0.2, 0.25) is 0 Å². The predicted octanol–water partition coefficient (Wildman–Crippen LogP) is 3.75. The minimum absolute atomic E-state index is 0.272. The van der Waals surface area contributed by atoms with E-state index in [1.165, 1.54) is 6.07 Å². The van der Waals surface area contributed by atoms with E-state index in [1.807, 2.05) is 57.6 Å².